The Morgan fingerprint density at radius 2 is 1.83 bits per heavy atom. The van der Waals surface area contributed by atoms with Crippen LogP contribution in [0.5, 0.6) is 0 Å². The first-order valence-corrected chi connectivity index (χ1v) is 11.4. The SMILES string of the molecule is Cn1cncc1C(O)(c1ccc(C=O)cc1)c1ccc2c(c1)c(-c1cccc(Cl)c1)nc1nnnn12. The zero-order valence-corrected chi connectivity index (χ0v) is 19.7. The molecule has 0 aliphatic rings. The summed E-state index contributed by atoms with van der Waals surface area (Å²) < 4.78 is 3.31. The second-order valence-corrected chi connectivity index (χ2v) is 8.87. The molecule has 1 atom stereocenters. The van der Waals surface area contributed by atoms with E-state index in [-0.39, 0.29) is 0 Å². The van der Waals surface area contributed by atoms with Crippen LogP contribution < -0.4 is 0 Å². The monoisotopic (exact) mass is 495 g/mol. The summed E-state index contributed by atoms with van der Waals surface area (Å²) in [7, 11) is 1.82. The molecule has 0 saturated heterocycles. The van der Waals surface area contributed by atoms with Gasteiger partial charge in [-0.05, 0) is 45.8 Å². The summed E-state index contributed by atoms with van der Waals surface area (Å²) in [6.07, 6.45) is 4.02. The third-order valence-corrected chi connectivity index (χ3v) is 6.55. The van der Waals surface area contributed by atoms with Crippen molar-refractivity contribution in [2.75, 3.05) is 0 Å². The second kappa shape index (κ2) is 8.33. The van der Waals surface area contributed by atoms with Crippen LogP contribution in [-0.4, -0.2) is 46.0 Å². The first-order chi connectivity index (χ1) is 17.5. The molecule has 36 heavy (non-hydrogen) atoms. The van der Waals surface area contributed by atoms with Gasteiger partial charge in [0.05, 0.1) is 29.4 Å². The smallest absolute Gasteiger partial charge is 0.274 e. The Balaban J connectivity index is 1.67. The van der Waals surface area contributed by atoms with E-state index in [1.165, 1.54) is 0 Å². The van der Waals surface area contributed by atoms with Crippen LogP contribution in [0.25, 0.3) is 27.9 Å². The molecule has 0 fully saturated rings. The highest BCUT2D eigenvalue weighted by Gasteiger charge is 2.37. The van der Waals surface area contributed by atoms with Crippen molar-refractivity contribution in [1.29, 1.82) is 0 Å². The van der Waals surface area contributed by atoms with E-state index in [1.54, 1.807) is 51.9 Å². The van der Waals surface area contributed by atoms with Gasteiger partial charge >= 0.3 is 0 Å². The zero-order chi connectivity index (χ0) is 24.9. The fourth-order valence-corrected chi connectivity index (χ4v) is 4.72. The average Bonchev–Trinajstić information content (AvgIpc) is 3.56. The van der Waals surface area contributed by atoms with E-state index in [9.17, 15) is 9.90 Å². The summed E-state index contributed by atoms with van der Waals surface area (Å²) in [5, 5.41) is 25.5. The highest BCUT2D eigenvalue weighted by atomic mass is 35.5. The first kappa shape index (κ1) is 22.0. The minimum atomic E-state index is -1.58. The average molecular weight is 496 g/mol. The zero-order valence-electron chi connectivity index (χ0n) is 18.9. The molecule has 3 heterocycles. The summed E-state index contributed by atoms with van der Waals surface area (Å²) in [4.78, 5) is 20.2. The number of nitrogens with zero attached hydrogens (tertiary/aromatic N) is 7. The van der Waals surface area contributed by atoms with E-state index in [4.69, 9.17) is 16.6 Å². The van der Waals surface area contributed by atoms with Crippen molar-refractivity contribution in [2.24, 2.45) is 7.05 Å². The topological polar surface area (TPSA) is 111 Å². The van der Waals surface area contributed by atoms with Gasteiger partial charge in [0.2, 0.25) is 0 Å². The lowest BCUT2D eigenvalue weighted by atomic mass is 9.82. The van der Waals surface area contributed by atoms with Crippen molar-refractivity contribution < 1.29 is 9.90 Å². The van der Waals surface area contributed by atoms with Crippen molar-refractivity contribution >= 4 is 34.6 Å². The molecule has 0 bridgehead atoms. The van der Waals surface area contributed by atoms with E-state index in [1.807, 2.05) is 43.4 Å². The Labute approximate surface area is 209 Å². The van der Waals surface area contributed by atoms with Gasteiger partial charge < -0.3 is 9.67 Å². The van der Waals surface area contributed by atoms with Crippen LogP contribution in [-0.2, 0) is 12.6 Å². The van der Waals surface area contributed by atoms with Crippen LogP contribution in [0, 0.1) is 0 Å². The maximum Gasteiger partial charge on any atom is 0.274 e. The number of carbonyl (C=O) groups excluding carboxylic acids is 1. The molecule has 6 rings (SSSR count). The van der Waals surface area contributed by atoms with Crippen LogP contribution in [0.3, 0.4) is 0 Å². The fourth-order valence-electron chi connectivity index (χ4n) is 4.53. The van der Waals surface area contributed by atoms with Gasteiger partial charge in [0, 0.05) is 28.6 Å². The lowest BCUT2D eigenvalue weighted by Gasteiger charge is -2.30. The van der Waals surface area contributed by atoms with E-state index < -0.39 is 5.60 Å². The van der Waals surface area contributed by atoms with Crippen LogP contribution in [0.2, 0.25) is 5.02 Å². The molecular formula is C26H18ClN7O2. The van der Waals surface area contributed by atoms with Gasteiger partial charge in [-0.2, -0.15) is 4.52 Å². The van der Waals surface area contributed by atoms with E-state index in [0.717, 1.165) is 17.2 Å². The number of rotatable bonds is 5. The normalized spacial score (nSPS) is 13.2. The van der Waals surface area contributed by atoms with Crippen molar-refractivity contribution in [3.05, 3.63) is 107 Å². The molecule has 0 saturated carbocycles. The van der Waals surface area contributed by atoms with Gasteiger partial charge in [-0.1, -0.05) is 59.2 Å². The van der Waals surface area contributed by atoms with Crippen LogP contribution in [0.1, 0.15) is 27.2 Å². The third-order valence-electron chi connectivity index (χ3n) is 6.31. The fraction of sp³-hybridized carbons (Fsp3) is 0.0769. The van der Waals surface area contributed by atoms with E-state index in [0.29, 0.717) is 44.4 Å². The molecule has 9 nitrogen and oxygen atoms in total. The number of imidazole rings is 1. The van der Waals surface area contributed by atoms with Crippen LogP contribution in [0.15, 0.2) is 79.3 Å². The molecule has 1 unspecified atom stereocenters. The van der Waals surface area contributed by atoms with Gasteiger partial charge in [-0.15, -0.1) is 0 Å². The number of hydrogen-bond donors (Lipinski definition) is 1. The van der Waals surface area contributed by atoms with E-state index >= 15 is 0 Å². The summed E-state index contributed by atoms with van der Waals surface area (Å²) in [6.45, 7) is 0. The van der Waals surface area contributed by atoms with Gasteiger partial charge in [0.1, 0.15) is 6.29 Å². The molecule has 10 heteroatoms. The number of aldehydes is 1. The maximum absolute atomic E-state index is 12.4. The standard InChI is InChI=1S/C26H18ClN7O2/c1-33-15-28-13-23(33)26(36,18-7-5-16(14-35)6-8-18)19-9-10-22-21(12-19)24(17-3-2-4-20(27)11-17)29-25-30-31-32-34(22)25/h2-15,36H,1H3. The number of hydrogen-bond acceptors (Lipinski definition) is 7. The quantitative estimate of drug-likeness (QED) is 0.362. The predicted molar refractivity (Wildman–Crippen MR) is 134 cm³/mol. The maximum atomic E-state index is 12.4. The van der Waals surface area contributed by atoms with Crippen molar-refractivity contribution in [1.82, 2.24) is 34.6 Å². The molecule has 0 aliphatic carbocycles. The number of carbonyl (C=O) groups is 1. The summed E-state index contributed by atoms with van der Waals surface area (Å²) >= 11 is 6.29. The Hall–Kier alpha value is -4.47. The van der Waals surface area contributed by atoms with Crippen LogP contribution >= 0.6 is 11.6 Å². The number of fused-ring (bicyclic) bond motifs is 3. The minimum Gasteiger partial charge on any atom is -0.374 e. The molecule has 0 aliphatic heterocycles. The third kappa shape index (κ3) is 3.36. The second-order valence-electron chi connectivity index (χ2n) is 8.43. The summed E-state index contributed by atoms with van der Waals surface area (Å²) in [5.41, 5.74) is 2.77. The molecule has 0 amide bonds. The Bertz CT molecular complexity index is 1760. The minimum absolute atomic E-state index is 0.344. The molecule has 1 N–H and O–H groups in total. The molecule has 0 radical (unpaired) electrons. The Morgan fingerprint density at radius 1 is 1.03 bits per heavy atom. The summed E-state index contributed by atoms with van der Waals surface area (Å²) in [6, 6.07) is 19.7. The number of tetrazole rings is 1. The molecule has 3 aromatic carbocycles. The number of benzene rings is 3. The van der Waals surface area contributed by atoms with Crippen molar-refractivity contribution in [2.45, 2.75) is 5.60 Å². The number of aryl methyl sites for hydroxylation is 1. The first-order valence-electron chi connectivity index (χ1n) is 11.0. The van der Waals surface area contributed by atoms with Crippen LogP contribution in [0.4, 0.5) is 0 Å². The predicted octanol–water partition coefficient (Wildman–Crippen LogP) is 3.82. The van der Waals surface area contributed by atoms with E-state index in [2.05, 4.69) is 20.5 Å². The molecule has 6 aromatic rings. The van der Waals surface area contributed by atoms with Gasteiger partial charge in [0.25, 0.3) is 5.78 Å². The Kier molecular flexibility index (Phi) is 5.10. The summed E-state index contributed by atoms with van der Waals surface area (Å²) in [5.74, 6) is 0.344. The Morgan fingerprint density at radius 3 is 2.56 bits per heavy atom. The highest BCUT2D eigenvalue weighted by Crippen LogP contribution is 2.39. The molecule has 3 aromatic heterocycles. The molecule has 176 valence electrons. The number of halogens is 1. The van der Waals surface area contributed by atoms with Crippen molar-refractivity contribution in [3.8, 4) is 11.3 Å². The molecular weight excluding hydrogens is 478 g/mol. The van der Waals surface area contributed by atoms with Gasteiger partial charge in [-0.3, -0.25) is 4.79 Å². The molecule has 0 spiro atoms. The lowest BCUT2D eigenvalue weighted by Crippen LogP contribution is -2.31. The number of aliphatic hydroxyl groups is 1. The lowest BCUT2D eigenvalue weighted by molar-refractivity contribution is 0.111. The van der Waals surface area contributed by atoms with Gasteiger partial charge in [-0.25, -0.2) is 9.97 Å². The largest absolute Gasteiger partial charge is 0.374 e. The van der Waals surface area contributed by atoms with Gasteiger partial charge in [0.15, 0.2) is 5.60 Å². The van der Waals surface area contributed by atoms with Crippen molar-refractivity contribution in [3.63, 3.8) is 0 Å². The number of aromatic nitrogens is 7. The highest BCUT2D eigenvalue weighted by molar-refractivity contribution is 6.30.